The minimum absolute atomic E-state index is 0.143. The van der Waals surface area contributed by atoms with Gasteiger partial charge in [-0.2, -0.15) is 0 Å². The van der Waals surface area contributed by atoms with Gasteiger partial charge in [0.2, 0.25) is 0 Å². The van der Waals surface area contributed by atoms with E-state index in [0.29, 0.717) is 11.4 Å². The molecular weight excluding hydrogens is 378 g/mol. The number of aryl methyl sites for hydroxylation is 1. The van der Waals surface area contributed by atoms with Gasteiger partial charge in [-0.25, -0.2) is 8.42 Å². The van der Waals surface area contributed by atoms with Gasteiger partial charge >= 0.3 is 0 Å². The van der Waals surface area contributed by atoms with Crippen LogP contribution in [-0.4, -0.2) is 22.1 Å². The summed E-state index contributed by atoms with van der Waals surface area (Å²) in [5.41, 5.74) is 1.49. The van der Waals surface area contributed by atoms with Gasteiger partial charge in [-0.3, -0.25) is 4.31 Å². The van der Waals surface area contributed by atoms with Crippen molar-refractivity contribution in [2.75, 3.05) is 18.0 Å². The summed E-state index contributed by atoms with van der Waals surface area (Å²) in [7, 11) is -2.11. The zero-order chi connectivity index (χ0) is 17.0. The highest BCUT2D eigenvalue weighted by Gasteiger charge is 2.22. The molecule has 0 aliphatic rings. The third-order valence-corrected chi connectivity index (χ3v) is 5.58. The van der Waals surface area contributed by atoms with Crippen molar-refractivity contribution >= 4 is 31.6 Å². The van der Waals surface area contributed by atoms with Gasteiger partial charge in [0.05, 0.1) is 10.6 Å². The number of hydrogen-bond donors (Lipinski definition) is 0. The molecule has 2 aromatic rings. The summed E-state index contributed by atoms with van der Waals surface area (Å²) in [6.07, 6.45) is 5.12. The largest absolute Gasteiger partial charge is 0.481 e. The first kappa shape index (κ1) is 17.4. The smallest absolute Gasteiger partial charge is 0.264 e. The molecule has 0 saturated carbocycles. The van der Waals surface area contributed by atoms with Crippen molar-refractivity contribution in [2.24, 2.45) is 0 Å². The lowest BCUT2D eigenvalue weighted by atomic mass is 10.2. The van der Waals surface area contributed by atoms with Gasteiger partial charge in [-0.15, -0.1) is 6.42 Å². The van der Waals surface area contributed by atoms with Gasteiger partial charge < -0.3 is 4.74 Å². The number of terminal acetylenes is 1. The van der Waals surface area contributed by atoms with Crippen molar-refractivity contribution in [3.63, 3.8) is 0 Å². The summed E-state index contributed by atoms with van der Waals surface area (Å²) >= 11 is 3.37. The second-order valence-electron chi connectivity index (χ2n) is 4.87. The second kappa shape index (κ2) is 7.07. The van der Waals surface area contributed by atoms with Crippen LogP contribution < -0.4 is 9.04 Å². The Morgan fingerprint density at radius 1 is 1.22 bits per heavy atom. The minimum Gasteiger partial charge on any atom is -0.481 e. The quantitative estimate of drug-likeness (QED) is 0.729. The molecular formula is C17H16BrNO3S. The Labute approximate surface area is 145 Å². The highest BCUT2D eigenvalue weighted by molar-refractivity contribution is 9.10. The maximum absolute atomic E-state index is 12.7. The number of rotatable bonds is 5. The molecule has 4 nitrogen and oxygen atoms in total. The number of hydrogen-bond acceptors (Lipinski definition) is 3. The Hall–Kier alpha value is -1.97. The molecule has 0 unspecified atom stereocenters. The Morgan fingerprint density at radius 2 is 1.87 bits per heavy atom. The lowest BCUT2D eigenvalue weighted by Crippen LogP contribution is -2.27. The predicted molar refractivity (Wildman–Crippen MR) is 95.2 cm³/mol. The first-order valence-corrected chi connectivity index (χ1v) is 9.01. The van der Waals surface area contributed by atoms with Gasteiger partial charge in [0.25, 0.3) is 10.0 Å². The Bertz CT molecular complexity index is 839. The molecule has 2 aromatic carbocycles. The van der Waals surface area contributed by atoms with E-state index in [9.17, 15) is 8.42 Å². The molecule has 0 aliphatic heterocycles. The molecule has 23 heavy (non-hydrogen) atoms. The van der Waals surface area contributed by atoms with Crippen molar-refractivity contribution in [2.45, 2.75) is 11.8 Å². The lowest BCUT2D eigenvalue weighted by molar-refractivity contribution is 0.370. The van der Waals surface area contributed by atoms with Crippen molar-refractivity contribution in [3.8, 4) is 18.1 Å². The normalized spacial score (nSPS) is 10.9. The van der Waals surface area contributed by atoms with Crippen LogP contribution in [-0.2, 0) is 10.0 Å². The lowest BCUT2D eigenvalue weighted by Gasteiger charge is -2.21. The first-order chi connectivity index (χ1) is 10.9. The molecule has 0 radical (unpaired) electrons. The third kappa shape index (κ3) is 3.87. The van der Waals surface area contributed by atoms with E-state index in [0.717, 1.165) is 10.0 Å². The Balaban J connectivity index is 2.32. The summed E-state index contributed by atoms with van der Waals surface area (Å²) in [5, 5.41) is 0. The van der Waals surface area contributed by atoms with E-state index < -0.39 is 10.0 Å². The van der Waals surface area contributed by atoms with E-state index >= 15 is 0 Å². The van der Waals surface area contributed by atoms with Gasteiger partial charge in [-0.05, 0) is 55.0 Å². The fourth-order valence-corrected chi connectivity index (χ4v) is 3.83. The third-order valence-electron chi connectivity index (χ3n) is 3.30. The van der Waals surface area contributed by atoms with Crippen LogP contribution in [0.15, 0.2) is 51.8 Å². The number of anilines is 1. The molecule has 0 bridgehead atoms. The van der Waals surface area contributed by atoms with Crippen LogP contribution in [0, 0.1) is 19.3 Å². The molecule has 0 heterocycles. The molecule has 120 valence electrons. The van der Waals surface area contributed by atoms with Crippen LogP contribution in [0.3, 0.4) is 0 Å². The maximum atomic E-state index is 12.7. The molecule has 0 N–H and O–H groups in total. The van der Waals surface area contributed by atoms with Gasteiger partial charge in [0, 0.05) is 11.5 Å². The standard InChI is InChI=1S/C17H16BrNO3S/c1-4-11-22-15-6-8-16(9-7-15)23(20,21)19(3)17-10-5-14(18)12-13(17)2/h1,5-10,12H,11H2,2-3H3. The zero-order valence-electron chi connectivity index (χ0n) is 12.8. The second-order valence-corrected chi connectivity index (χ2v) is 7.75. The van der Waals surface area contributed by atoms with E-state index in [2.05, 4.69) is 21.9 Å². The summed E-state index contributed by atoms with van der Waals surface area (Å²) < 4.78 is 32.9. The average Bonchev–Trinajstić information content (AvgIpc) is 2.52. The fraction of sp³-hybridized carbons (Fsp3) is 0.176. The number of sulfonamides is 1. The molecule has 0 aromatic heterocycles. The summed E-state index contributed by atoms with van der Waals surface area (Å²) in [6.45, 7) is 2.01. The molecule has 2 rings (SSSR count). The average molecular weight is 394 g/mol. The summed E-state index contributed by atoms with van der Waals surface area (Å²) in [4.78, 5) is 0.190. The summed E-state index contributed by atoms with van der Waals surface area (Å²) in [5.74, 6) is 2.89. The Morgan fingerprint density at radius 3 is 2.43 bits per heavy atom. The number of nitrogens with zero attached hydrogens (tertiary/aromatic N) is 1. The minimum atomic E-state index is -3.64. The summed E-state index contributed by atoms with van der Waals surface area (Å²) in [6, 6.07) is 11.6. The van der Waals surface area contributed by atoms with E-state index in [1.54, 1.807) is 18.2 Å². The van der Waals surface area contributed by atoms with Crippen molar-refractivity contribution < 1.29 is 13.2 Å². The highest BCUT2D eigenvalue weighted by Crippen LogP contribution is 2.28. The first-order valence-electron chi connectivity index (χ1n) is 6.77. The molecule has 0 aliphatic carbocycles. The van der Waals surface area contributed by atoms with E-state index in [1.165, 1.54) is 23.5 Å². The van der Waals surface area contributed by atoms with Gasteiger partial charge in [0.1, 0.15) is 12.4 Å². The molecule has 0 amide bonds. The highest BCUT2D eigenvalue weighted by atomic mass is 79.9. The van der Waals surface area contributed by atoms with Crippen LogP contribution in [0.4, 0.5) is 5.69 Å². The van der Waals surface area contributed by atoms with Crippen LogP contribution in [0.5, 0.6) is 5.75 Å². The van der Waals surface area contributed by atoms with E-state index in [1.807, 2.05) is 19.1 Å². The Kier molecular flexibility index (Phi) is 5.34. The van der Waals surface area contributed by atoms with Crippen molar-refractivity contribution in [1.82, 2.24) is 0 Å². The van der Waals surface area contributed by atoms with Gasteiger partial charge in [-0.1, -0.05) is 21.9 Å². The fourth-order valence-electron chi connectivity index (χ4n) is 2.09. The van der Waals surface area contributed by atoms with Crippen molar-refractivity contribution in [1.29, 1.82) is 0 Å². The molecule has 0 saturated heterocycles. The molecule has 0 atom stereocenters. The predicted octanol–water partition coefficient (Wildman–Crippen LogP) is 3.59. The van der Waals surface area contributed by atoms with Crippen molar-refractivity contribution in [3.05, 3.63) is 52.5 Å². The van der Waals surface area contributed by atoms with E-state index in [4.69, 9.17) is 11.2 Å². The van der Waals surface area contributed by atoms with Crippen LogP contribution in [0.2, 0.25) is 0 Å². The molecule has 6 heteroatoms. The maximum Gasteiger partial charge on any atom is 0.264 e. The van der Waals surface area contributed by atoms with Gasteiger partial charge in [0.15, 0.2) is 0 Å². The number of halogens is 1. The zero-order valence-corrected chi connectivity index (χ0v) is 15.2. The number of benzene rings is 2. The molecule has 0 fully saturated rings. The SMILES string of the molecule is C#CCOc1ccc(S(=O)(=O)N(C)c2ccc(Br)cc2C)cc1. The van der Waals surface area contributed by atoms with Crippen LogP contribution in [0.25, 0.3) is 0 Å². The van der Waals surface area contributed by atoms with Crippen LogP contribution in [0.1, 0.15) is 5.56 Å². The number of ether oxygens (including phenoxy) is 1. The van der Waals surface area contributed by atoms with E-state index in [-0.39, 0.29) is 11.5 Å². The monoisotopic (exact) mass is 393 g/mol. The topological polar surface area (TPSA) is 46.6 Å². The van der Waals surface area contributed by atoms with Crippen LogP contribution >= 0.6 is 15.9 Å². The molecule has 0 spiro atoms.